The molecular weight excluding hydrogens is 200 g/mol. The number of nitrogens with two attached hydrogens (primary N) is 1. The van der Waals surface area contributed by atoms with Gasteiger partial charge >= 0.3 is 0 Å². The third-order valence-electron chi connectivity index (χ3n) is 2.89. The van der Waals surface area contributed by atoms with E-state index in [1.54, 1.807) is 7.11 Å². The van der Waals surface area contributed by atoms with Gasteiger partial charge in [-0.05, 0) is 23.7 Å². The summed E-state index contributed by atoms with van der Waals surface area (Å²) in [5.41, 5.74) is 3.35. The highest BCUT2D eigenvalue weighted by molar-refractivity contribution is 4.85. The van der Waals surface area contributed by atoms with Gasteiger partial charge in [0.1, 0.15) is 0 Å². The van der Waals surface area contributed by atoms with Crippen LogP contribution in [0.2, 0.25) is 0 Å². The van der Waals surface area contributed by atoms with Crippen LogP contribution in [-0.4, -0.2) is 19.3 Å². The van der Waals surface area contributed by atoms with Gasteiger partial charge in [-0.25, -0.2) is 0 Å². The molecule has 2 unspecified atom stereocenters. The van der Waals surface area contributed by atoms with Gasteiger partial charge in [0, 0.05) is 13.2 Å². The Morgan fingerprint density at radius 2 is 1.62 bits per heavy atom. The molecule has 0 aliphatic carbocycles. The van der Waals surface area contributed by atoms with Crippen molar-refractivity contribution in [3.63, 3.8) is 0 Å². The van der Waals surface area contributed by atoms with Crippen molar-refractivity contribution in [2.45, 2.75) is 66.5 Å². The van der Waals surface area contributed by atoms with Crippen molar-refractivity contribution in [2.24, 2.45) is 16.7 Å². The predicted molar refractivity (Wildman–Crippen MR) is 70.1 cm³/mol. The van der Waals surface area contributed by atoms with E-state index >= 15 is 0 Å². The second-order valence-corrected chi connectivity index (χ2v) is 6.89. The molecule has 0 rings (SSSR count). The quantitative estimate of drug-likeness (QED) is 0.564. The van der Waals surface area contributed by atoms with Crippen molar-refractivity contribution in [3.05, 3.63) is 0 Å². The number of hydrazine groups is 1. The lowest BCUT2D eigenvalue weighted by Gasteiger charge is -2.36. The van der Waals surface area contributed by atoms with Crippen molar-refractivity contribution in [2.75, 3.05) is 7.11 Å². The Hall–Kier alpha value is -0.120. The average molecular weight is 230 g/mol. The number of nitrogens with one attached hydrogen (secondary N) is 1. The normalized spacial score (nSPS) is 17.2. The Morgan fingerprint density at radius 3 is 1.88 bits per heavy atom. The lowest BCUT2D eigenvalue weighted by molar-refractivity contribution is -0.0154. The number of ether oxygens (including phenoxy) is 1. The minimum atomic E-state index is 0.101. The summed E-state index contributed by atoms with van der Waals surface area (Å²) in [7, 11) is 1.76. The van der Waals surface area contributed by atoms with Gasteiger partial charge in [-0.15, -0.1) is 0 Å². The maximum Gasteiger partial charge on any atom is 0.0785 e. The van der Waals surface area contributed by atoms with Crippen LogP contribution >= 0.6 is 0 Å². The molecule has 3 N–H and O–H groups in total. The highest BCUT2D eigenvalue weighted by atomic mass is 16.5. The first-order valence-corrected chi connectivity index (χ1v) is 6.11. The molecule has 16 heavy (non-hydrogen) atoms. The van der Waals surface area contributed by atoms with Gasteiger partial charge in [0.15, 0.2) is 0 Å². The zero-order valence-electron chi connectivity index (χ0n) is 12.1. The van der Waals surface area contributed by atoms with E-state index in [0.29, 0.717) is 5.41 Å². The summed E-state index contributed by atoms with van der Waals surface area (Å²) in [6.45, 7) is 13.3. The zero-order valence-corrected chi connectivity index (χ0v) is 12.1. The fraction of sp³-hybridized carbons (Fsp3) is 1.00. The Bertz CT molecular complexity index is 191. The fourth-order valence-electron chi connectivity index (χ4n) is 2.03. The van der Waals surface area contributed by atoms with Crippen molar-refractivity contribution in [1.29, 1.82) is 0 Å². The van der Waals surface area contributed by atoms with E-state index in [0.717, 1.165) is 12.8 Å². The van der Waals surface area contributed by atoms with Crippen LogP contribution in [0.5, 0.6) is 0 Å². The highest BCUT2D eigenvalue weighted by Crippen LogP contribution is 2.29. The number of rotatable bonds is 5. The molecule has 3 heteroatoms. The van der Waals surface area contributed by atoms with Gasteiger partial charge in [-0.1, -0.05) is 41.5 Å². The van der Waals surface area contributed by atoms with E-state index in [1.807, 2.05) is 0 Å². The minimum absolute atomic E-state index is 0.101. The van der Waals surface area contributed by atoms with Gasteiger partial charge in [0.05, 0.1) is 6.10 Å². The van der Waals surface area contributed by atoms with Crippen LogP contribution in [-0.2, 0) is 4.74 Å². The molecule has 0 saturated carbocycles. The van der Waals surface area contributed by atoms with Gasteiger partial charge in [0.25, 0.3) is 0 Å². The van der Waals surface area contributed by atoms with Gasteiger partial charge in [0.2, 0.25) is 0 Å². The van der Waals surface area contributed by atoms with E-state index in [-0.39, 0.29) is 17.6 Å². The van der Waals surface area contributed by atoms with E-state index in [9.17, 15) is 0 Å². The molecule has 0 fully saturated rings. The largest absolute Gasteiger partial charge is 0.379 e. The Balaban J connectivity index is 4.46. The first kappa shape index (κ1) is 15.9. The molecule has 0 aromatic heterocycles. The monoisotopic (exact) mass is 230 g/mol. The third-order valence-corrected chi connectivity index (χ3v) is 2.89. The van der Waals surface area contributed by atoms with Crippen LogP contribution < -0.4 is 11.3 Å². The summed E-state index contributed by atoms with van der Waals surface area (Å²) in [6, 6.07) is 0.212. The summed E-state index contributed by atoms with van der Waals surface area (Å²) in [5, 5.41) is 0. The molecular formula is C13H30N2O. The predicted octanol–water partition coefficient (Wildman–Crippen LogP) is 2.71. The van der Waals surface area contributed by atoms with Crippen LogP contribution in [0.4, 0.5) is 0 Å². The molecule has 3 nitrogen and oxygen atoms in total. The molecule has 0 amide bonds. The lowest BCUT2D eigenvalue weighted by Crippen LogP contribution is -2.50. The summed E-state index contributed by atoms with van der Waals surface area (Å²) in [4.78, 5) is 0. The molecule has 98 valence electrons. The molecule has 0 aliphatic rings. The number of hydrogen-bond acceptors (Lipinski definition) is 3. The van der Waals surface area contributed by atoms with Crippen molar-refractivity contribution >= 4 is 0 Å². The smallest absolute Gasteiger partial charge is 0.0785 e. The van der Waals surface area contributed by atoms with Crippen molar-refractivity contribution in [3.8, 4) is 0 Å². The standard InChI is InChI=1S/C13H30N2O/c1-12(2,3)9-8-10(15-14)11(16-7)13(4,5)6/h10-11,15H,8-9,14H2,1-7H3. The maximum atomic E-state index is 5.65. The molecule has 0 aliphatic heterocycles. The molecule has 0 spiro atoms. The second-order valence-electron chi connectivity index (χ2n) is 6.89. The van der Waals surface area contributed by atoms with E-state index in [1.165, 1.54) is 0 Å². The van der Waals surface area contributed by atoms with Crippen LogP contribution in [0.15, 0.2) is 0 Å². The summed E-state index contributed by atoms with van der Waals surface area (Å²) >= 11 is 0. The Kier molecular flexibility index (Phi) is 5.94. The van der Waals surface area contributed by atoms with Gasteiger partial charge < -0.3 is 4.74 Å². The lowest BCUT2D eigenvalue weighted by atomic mass is 9.80. The minimum Gasteiger partial charge on any atom is -0.379 e. The number of methoxy groups -OCH3 is 1. The summed E-state index contributed by atoms with van der Waals surface area (Å²) in [6.07, 6.45) is 2.31. The topological polar surface area (TPSA) is 47.3 Å². The molecule has 2 atom stereocenters. The van der Waals surface area contributed by atoms with Crippen LogP contribution in [0.1, 0.15) is 54.4 Å². The van der Waals surface area contributed by atoms with Crippen molar-refractivity contribution in [1.82, 2.24) is 5.43 Å². The molecule has 0 heterocycles. The van der Waals surface area contributed by atoms with E-state index in [4.69, 9.17) is 10.6 Å². The van der Waals surface area contributed by atoms with E-state index < -0.39 is 0 Å². The summed E-state index contributed by atoms with van der Waals surface area (Å²) < 4.78 is 5.59. The molecule has 0 bridgehead atoms. The SMILES string of the molecule is COC(C(CCC(C)(C)C)NN)C(C)(C)C. The van der Waals surface area contributed by atoms with Gasteiger partial charge in [-0.3, -0.25) is 11.3 Å². The number of hydrogen-bond donors (Lipinski definition) is 2. The Morgan fingerprint density at radius 1 is 1.12 bits per heavy atom. The molecule has 0 saturated heterocycles. The van der Waals surface area contributed by atoms with Gasteiger partial charge in [-0.2, -0.15) is 0 Å². The Labute approximate surface area is 101 Å². The van der Waals surface area contributed by atoms with Crippen LogP contribution in [0.3, 0.4) is 0 Å². The molecule has 0 radical (unpaired) electrons. The second kappa shape index (κ2) is 5.99. The fourth-order valence-corrected chi connectivity index (χ4v) is 2.03. The molecule has 0 aromatic carbocycles. The summed E-state index contributed by atoms with van der Waals surface area (Å²) in [5.74, 6) is 5.65. The first-order valence-electron chi connectivity index (χ1n) is 6.11. The highest BCUT2D eigenvalue weighted by Gasteiger charge is 2.32. The van der Waals surface area contributed by atoms with Crippen molar-refractivity contribution < 1.29 is 4.74 Å². The maximum absolute atomic E-state index is 5.65. The average Bonchev–Trinajstić information content (AvgIpc) is 2.08. The third kappa shape index (κ3) is 5.83. The van der Waals surface area contributed by atoms with Crippen LogP contribution in [0, 0.1) is 10.8 Å². The van der Waals surface area contributed by atoms with Crippen LogP contribution in [0.25, 0.3) is 0 Å². The molecule has 0 aromatic rings. The first-order chi connectivity index (χ1) is 7.11. The zero-order chi connectivity index (χ0) is 13.0. The van der Waals surface area contributed by atoms with E-state index in [2.05, 4.69) is 47.0 Å².